The summed E-state index contributed by atoms with van der Waals surface area (Å²) in [7, 11) is 0. The highest BCUT2D eigenvalue weighted by Crippen LogP contribution is 2.37. The highest BCUT2D eigenvalue weighted by molar-refractivity contribution is 8.01. The number of carbonyl (C=O) groups is 1. The molecule has 18 heavy (non-hydrogen) atoms. The van der Waals surface area contributed by atoms with Crippen LogP contribution in [0.1, 0.15) is 41.4 Å². The fraction of sp³-hybridized carbons (Fsp3) is 0.500. The second kappa shape index (κ2) is 6.24. The number of fused-ring (bicyclic) bond motifs is 1. The molecular weight excluding hydrogens is 268 g/mol. The third-order valence-corrected chi connectivity index (χ3v) is 5.16. The molecule has 1 aliphatic rings. The molecule has 0 atom stereocenters. The molecule has 6 heteroatoms. The smallest absolute Gasteiger partial charge is 0.261 e. The molecular formula is C12H16N2O2S2. The lowest BCUT2D eigenvalue weighted by Gasteiger charge is -2.10. The van der Waals surface area contributed by atoms with Gasteiger partial charge in [-0.1, -0.05) is 18.5 Å². The Morgan fingerprint density at radius 1 is 1.61 bits per heavy atom. The Morgan fingerprint density at radius 2 is 2.44 bits per heavy atom. The van der Waals surface area contributed by atoms with Crippen molar-refractivity contribution in [2.75, 3.05) is 12.3 Å². The van der Waals surface area contributed by atoms with Gasteiger partial charge in [-0.05, 0) is 12.5 Å². The number of thiophene rings is 1. The fourth-order valence-corrected chi connectivity index (χ4v) is 4.14. The van der Waals surface area contributed by atoms with Gasteiger partial charge in [0.15, 0.2) is 0 Å². The first kappa shape index (κ1) is 13.4. The van der Waals surface area contributed by atoms with Crippen LogP contribution < -0.4 is 5.32 Å². The standard InChI is InChI=1S/C12H16N2O2S2/c1-2-3-5-13-11(15)10-7-8-9(14-16)4-6-17-12(8)18-10/h7,16H,2-6H2,1H3,(H,13,15). The molecule has 0 aliphatic carbocycles. The Kier molecular flexibility index (Phi) is 4.66. The molecule has 1 aliphatic heterocycles. The largest absolute Gasteiger partial charge is 0.411 e. The SMILES string of the molecule is CCCCNC(=O)c1cc2c(s1)SCCC2=NO. The minimum Gasteiger partial charge on any atom is -0.411 e. The van der Waals surface area contributed by atoms with Crippen LogP contribution in [0.25, 0.3) is 0 Å². The van der Waals surface area contributed by atoms with Crippen LogP contribution in [0.2, 0.25) is 0 Å². The van der Waals surface area contributed by atoms with E-state index < -0.39 is 0 Å². The van der Waals surface area contributed by atoms with Gasteiger partial charge in [0, 0.05) is 24.3 Å². The van der Waals surface area contributed by atoms with E-state index in [0.717, 1.165) is 34.8 Å². The van der Waals surface area contributed by atoms with Crippen molar-refractivity contribution < 1.29 is 10.0 Å². The number of nitrogens with zero attached hydrogens (tertiary/aromatic N) is 1. The maximum atomic E-state index is 11.9. The third-order valence-electron chi connectivity index (χ3n) is 2.74. The zero-order valence-electron chi connectivity index (χ0n) is 10.2. The van der Waals surface area contributed by atoms with E-state index in [1.54, 1.807) is 11.8 Å². The van der Waals surface area contributed by atoms with Crippen LogP contribution in [-0.2, 0) is 0 Å². The Hall–Kier alpha value is -1.01. The van der Waals surface area contributed by atoms with Crippen LogP contribution in [0.15, 0.2) is 15.4 Å². The zero-order valence-corrected chi connectivity index (χ0v) is 11.9. The van der Waals surface area contributed by atoms with Gasteiger partial charge >= 0.3 is 0 Å². The highest BCUT2D eigenvalue weighted by Gasteiger charge is 2.22. The van der Waals surface area contributed by atoms with Crippen LogP contribution in [-0.4, -0.2) is 29.1 Å². The van der Waals surface area contributed by atoms with Crippen LogP contribution in [0.5, 0.6) is 0 Å². The Balaban J connectivity index is 2.11. The van der Waals surface area contributed by atoms with Crippen molar-refractivity contribution in [2.45, 2.75) is 30.4 Å². The summed E-state index contributed by atoms with van der Waals surface area (Å²) in [5.74, 6) is 0.879. The van der Waals surface area contributed by atoms with E-state index in [4.69, 9.17) is 5.21 Å². The number of amides is 1. The molecule has 2 heterocycles. The lowest BCUT2D eigenvalue weighted by atomic mass is 10.1. The van der Waals surface area contributed by atoms with E-state index >= 15 is 0 Å². The molecule has 1 amide bonds. The molecule has 0 unspecified atom stereocenters. The molecule has 1 aromatic heterocycles. The zero-order chi connectivity index (χ0) is 13.0. The molecule has 4 nitrogen and oxygen atoms in total. The van der Waals surface area contributed by atoms with Gasteiger partial charge in [0.1, 0.15) is 0 Å². The molecule has 0 saturated carbocycles. The van der Waals surface area contributed by atoms with Crippen LogP contribution >= 0.6 is 23.1 Å². The van der Waals surface area contributed by atoms with Gasteiger partial charge in [-0.3, -0.25) is 4.79 Å². The quantitative estimate of drug-likeness (QED) is 0.507. The molecule has 1 aromatic rings. The summed E-state index contributed by atoms with van der Waals surface area (Å²) in [6, 6.07) is 1.84. The van der Waals surface area contributed by atoms with E-state index in [-0.39, 0.29) is 5.91 Å². The maximum Gasteiger partial charge on any atom is 0.261 e. The average molecular weight is 284 g/mol. The number of thioether (sulfide) groups is 1. The van der Waals surface area contributed by atoms with E-state index in [2.05, 4.69) is 17.4 Å². The molecule has 0 fully saturated rings. The van der Waals surface area contributed by atoms with Gasteiger partial charge in [-0.25, -0.2) is 0 Å². The summed E-state index contributed by atoms with van der Waals surface area (Å²) in [4.78, 5) is 12.6. The number of oxime groups is 1. The Labute approximate surface area is 114 Å². The normalized spacial score (nSPS) is 16.6. The average Bonchev–Trinajstić information content (AvgIpc) is 2.82. The van der Waals surface area contributed by atoms with E-state index in [9.17, 15) is 4.79 Å². The number of nitrogens with one attached hydrogen (secondary N) is 1. The number of rotatable bonds is 4. The monoisotopic (exact) mass is 284 g/mol. The lowest BCUT2D eigenvalue weighted by molar-refractivity contribution is 0.0957. The maximum absolute atomic E-state index is 11.9. The van der Waals surface area contributed by atoms with Crippen molar-refractivity contribution in [3.63, 3.8) is 0 Å². The molecule has 0 saturated heterocycles. The van der Waals surface area contributed by atoms with Crippen molar-refractivity contribution >= 4 is 34.7 Å². The Bertz CT molecular complexity index is 469. The molecule has 98 valence electrons. The minimum absolute atomic E-state index is 0.0271. The minimum atomic E-state index is -0.0271. The first-order chi connectivity index (χ1) is 8.76. The number of hydrogen-bond donors (Lipinski definition) is 2. The second-order valence-corrected chi connectivity index (χ2v) is 6.48. The summed E-state index contributed by atoms with van der Waals surface area (Å²) in [5.41, 5.74) is 1.60. The molecule has 2 N–H and O–H groups in total. The topological polar surface area (TPSA) is 61.7 Å². The summed E-state index contributed by atoms with van der Waals surface area (Å²) in [6.45, 7) is 2.81. The van der Waals surface area contributed by atoms with Gasteiger partial charge in [0.2, 0.25) is 0 Å². The van der Waals surface area contributed by atoms with E-state index in [1.165, 1.54) is 11.3 Å². The number of hydrogen-bond acceptors (Lipinski definition) is 5. The van der Waals surface area contributed by atoms with E-state index in [1.807, 2.05) is 6.07 Å². The molecule has 0 spiro atoms. The van der Waals surface area contributed by atoms with Crippen LogP contribution in [0, 0.1) is 0 Å². The first-order valence-electron chi connectivity index (χ1n) is 6.02. The van der Waals surface area contributed by atoms with Crippen molar-refractivity contribution in [3.05, 3.63) is 16.5 Å². The van der Waals surface area contributed by atoms with Crippen LogP contribution in [0.3, 0.4) is 0 Å². The predicted molar refractivity (Wildman–Crippen MR) is 75.2 cm³/mol. The molecule has 2 rings (SSSR count). The van der Waals surface area contributed by atoms with Gasteiger partial charge in [0.25, 0.3) is 5.91 Å². The second-order valence-electron chi connectivity index (χ2n) is 4.07. The summed E-state index contributed by atoms with van der Waals surface area (Å²) in [6.07, 6.45) is 2.81. The number of unbranched alkanes of at least 4 members (excludes halogenated alkanes) is 1. The van der Waals surface area contributed by atoms with Gasteiger partial charge < -0.3 is 10.5 Å². The fourth-order valence-electron chi connectivity index (χ4n) is 1.74. The summed E-state index contributed by atoms with van der Waals surface area (Å²) in [5, 5.41) is 15.2. The van der Waals surface area contributed by atoms with E-state index in [0.29, 0.717) is 17.1 Å². The summed E-state index contributed by atoms with van der Waals surface area (Å²) < 4.78 is 1.08. The highest BCUT2D eigenvalue weighted by atomic mass is 32.2. The lowest BCUT2D eigenvalue weighted by Crippen LogP contribution is -2.23. The first-order valence-corrected chi connectivity index (χ1v) is 7.82. The van der Waals surface area contributed by atoms with Crippen molar-refractivity contribution in [1.82, 2.24) is 5.32 Å². The molecule has 0 radical (unpaired) electrons. The van der Waals surface area contributed by atoms with Crippen molar-refractivity contribution in [2.24, 2.45) is 5.16 Å². The number of carbonyl (C=O) groups excluding carboxylic acids is 1. The third kappa shape index (κ3) is 2.87. The molecule has 0 bridgehead atoms. The predicted octanol–water partition coefficient (Wildman–Crippen LogP) is 2.95. The Morgan fingerprint density at radius 3 is 3.17 bits per heavy atom. The van der Waals surface area contributed by atoms with Crippen molar-refractivity contribution in [3.8, 4) is 0 Å². The van der Waals surface area contributed by atoms with Gasteiger partial charge in [-0.15, -0.1) is 23.1 Å². The molecule has 0 aromatic carbocycles. The summed E-state index contributed by atoms with van der Waals surface area (Å²) >= 11 is 3.20. The van der Waals surface area contributed by atoms with Crippen molar-refractivity contribution in [1.29, 1.82) is 0 Å². The van der Waals surface area contributed by atoms with Crippen LogP contribution in [0.4, 0.5) is 0 Å². The van der Waals surface area contributed by atoms with Gasteiger partial charge in [0.05, 0.1) is 14.8 Å². The van der Waals surface area contributed by atoms with Gasteiger partial charge in [-0.2, -0.15) is 0 Å².